The molecule has 2 aromatic carbocycles. The average Bonchev–Trinajstić information content (AvgIpc) is 3.08. The minimum absolute atomic E-state index is 0.0356. The summed E-state index contributed by atoms with van der Waals surface area (Å²) in [6.07, 6.45) is 0.213. The molecule has 0 bridgehead atoms. The molecule has 0 saturated heterocycles. The molecule has 1 heterocycles. The molecule has 4 nitrogen and oxygen atoms in total. The quantitative estimate of drug-likeness (QED) is 0.682. The van der Waals surface area contributed by atoms with Gasteiger partial charge in [0.25, 0.3) is 5.91 Å². The fourth-order valence-corrected chi connectivity index (χ4v) is 2.24. The number of benzene rings is 2. The first-order valence-electron chi connectivity index (χ1n) is 7.60. The van der Waals surface area contributed by atoms with E-state index in [4.69, 9.17) is 0 Å². The molecule has 0 aliphatic carbocycles. The predicted molar refractivity (Wildman–Crippen MR) is 90.5 cm³/mol. The Kier molecular flexibility index (Phi) is 4.88. The number of carbonyl (C=O) groups excluding carboxylic acids is 1. The van der Waals surface area contributed by atoms with Gasteiger partial charge in [0.05, 0.1) is 5.69 Å². The summed E-state index contributed by atoms with van der Waals surface area (Å²) in [5.74, 6) is -1.02. The van der Waals surface area contributed by atoms with Crippen LogP contribution >= 0.6 is 0 Å². The summed E-state index contributed by atoms with van der Waals surface area (Å²) in [6.45, 7) is 0. The van der Waals surface area contributed by atoms with Crippen molar-refractivity contribution in [1.82, 2.24) is 9.78 Å². The van der Waals surface area contributed by atoms with E-state index in [0.29, 0.717) is 5.69 Å². The molecule has 132 valence electrons. The zero-order valence-electron chi connectivity index (χ0n) is 13.4. The number of alkyl halides is 3. The normalized spacial score (nSPS) is 11.7. The number of rotatable bonds is 4. The van der Waals surface area contributed by atoms with Gasteiger partial charge in [-0.1, -0.05) is 42.5 Å². The van der Waals surface area contributed by atoms with Crippen molar-refractivity contribution < 1.29 is 22.7 Å². The largest absolute Gasteiger partial charge is 0.573 e. The number of nitrogens with zero attached hydrogens (tertiary/aromatic N) is 2. The molecule has 0 spiro atoms. The topological polar surface area (TPSA) is 44.1 Å². The van der Waals surface area contributed by atoms with Crippen molar-refractivity contribution in [2.24, 2.45) is 0 Å². The van der Waals surface area contributed by atoms with E-state index in [1.54, 1.807) is 12.1 Å². The van der Waals surface area contributed by atoms with Crippen LogP contribution in [0.4, 0.5) is 13.2 Å². The maximum Gasteiger partial charge on any atom is 0.573 e. The lowest BCUT2D eigenvalue weighted by molar-refractivity contribution is -0.274. The Morgan fingerprint density at radius 3 is 2.50 bits per heavy atom. The van der Waals surface area contributed by atoms with E-state index in [0.717, 1.165) is 22.4 Å². The third-order valence-electron chi connectivity index (χ3n) is 3.38. The second kappa shape index (κ2) is 7.26. The molecule has 0 unspecified atom stereocenters. The number of ether oxygens (including phenoxy) is 1. The molecule has 7 heteroatoms. The van der Waals surface area contributed by atoms with Crippen LogP contribution in [0, 0.1) is 0 Å². The highest BCUT2D eigenvalue weighted by Crippen LogP contribution is 2.23. The summed E-state index contributed by atoms with van der Waals surface area (Å²) in [5, 5.41) is 4.12. The molecule has 0 N–H and O–H groups in total. The average molecular weight is 358 g/mol. The standard InChI is InChI=1S/C19H13F3N2O2/c20-19(21,22)26-17-8-4-7-15(13-17)18(25)24-12-11-16(23-24)10-9-14-5-2-1-3-6-14/h1-13H/b10-9+. The van der Waals surface area contributed by atoms with E-state index >= 15 is 0 Å². The smallest absolute Gasteiger partial charge is 0.406 e. The lowest BCUT2D eigenvalue weighted by Gasteiger charge is -2.09. The summed E-state index contributed by atoms with van der Waals surface area (Å²) < 4.78 is 41.8. The Morgan fingerprint density at radius 2 is 1.77 bits per heavy atom. The van der Waals surface area contributed by atoms with Gasteiger partial charge in [0, 0.05) is 11.8 Å². The highest BCUT2D eigenvalue weighted by atomic mass is 19.4. The molecule has 0 atom stereocenters. The van der Waals surface area contributed by atoms with E-state index in [1.807, 2.05) is 36.4 Å². The first-order chi connectivity index (χ1) is 12.4. The fraction of sp³-hybridized carbons (Fsp3) is 0.0526. The minimum Gasteiger partial charge on any atom is -0.406 e. The Labute approximate surface area is 147 Å². The highest BCUT2D eigenvalue weighted by Gasteiger charge is 2.31. The first-order valence-corrected chi connectivity index (χ1v) is 7.60. The number of hydrogen-bond acceptors (Lipinski definition) is 3. The summed E-state index contributed by atoms with van der Waals surface area (Å²) in [6, 6.07) is 16.0. The van der Waals surface area contributed by atoms with E-state index in [1.165, 1.54) is 18.3 Å². The highest BCUT2D eigenvalue weighted by molar-refractivity contribution is 5.95. The molecule has 1 aromatic heterocycles. The van der Waals surface area contributed by atoms with Crippen molar-refractivity contribution in [3.63, 3.8) is 0 Å². The summed E-state index contributed by atoms with van der Waals surface area (Å²) >= 11 is 0. The van der Waals surface area contributed by atoms with Crippen molar-refractivity contribution in [2.45, 2.75) is 6.36 Å². The molecule has 0 aliphatic heterocycles. The molecule has 0 saturated carbocycles. The van der Waals surface area contributed by atoms with E-state index < -0.39 is 18.0 Å². The molecule has 0 radical (unpaired) electrons. The van der Waals surface area contributed by atoms with E-state index in [9.17, 15) is 18.0 Å². The van der Waals surface area contributed by atoms with Crippen LogP contribution in [-0.4, -0.2) is 22.1 Å². The molecule has 0 aliphatic rings. The van der Waals surface area contributed by atoms with Gasteiger partial charge in [0.2, 0.25) is 0 Å². The Bertz CT molecular complexity index is 931. The van der Waals surface area contributed by atoms with Crippen molar-refractivity contribution in [3.05, 3.63) is 83.7 Å². The van der Waals surface area contributed by atoms with Gasteiger partial charge in [0.15, 0.2) is 0 Å². The van der Waals surface area contributed by atoms with Crippen LogP contribution < -0.4 is 4.74 Å². The molecular weight excluding hydrogens is 345 g/mol. The third-order valence-corrected chi connectivity index (χ3v) is 3.38. The lowest BCUT2D eigenvalue weighted by Crippen LogP contribution is -2.18. The maximum atomic E-state index is 12.4. The van der Waals surface area contributed by atoms with Gasteiger partial charge in [-0.3, -0.25) is 4.79 Å². The molecule has 3 aromatic rings. The number of aromatic nitrogens is 2. The second-order valence-corrected chi connectivity index (χ2v) is 5.31. The van der Waals surface area contributed by atoms with Crippen LogP contribution in [0.3, 0.4) is 0 Å². The van der Waals surface area contributed by atoms with E-state index in [-0.39, 0.29) is 5.56 Å². The van der Waals surface area contributed by atoms with Crippen LogP contribution in [-0.2, 0) is 0 Å². The lowest BCUT2D eigenvalue weighted by atomic mass is 10.2. The van der Waals surface area contributed by atoms with Crippen LogP contribution in [0.1, 0.15) is 21.6 Å². The molecule has 3 rings (SSSR count). The zero-order chi connectivity index (χ0) is 18.6. The first kappa shape index (κ1) is 17.5. The second-order valence-electron chi connectivity index (χ2n) is 5.31. The van der Waals surface area contributed by atoms with Gasteiger partial charge in [-0.05, 0) is 35.9 Å². The van der Waals surface area contributed by atoms with Gasteiger partial charge in [0.1, 0.15) is 5.75 Å². The van der Waals surface area contributed by atoms with Crippen molar-refractivity contribution in [2.75, 3.05) is 0 Å². The van der Waals surface area contributed by atoms with Crippen molar-refractivity contribution in [1.29, 1.82) is 0 Å². The predicted octanol–water partition coefficient (Wildman–Crippen LogP) is 4.64. The Hall–Kier alpha value is -3.35. The number of carbonyl (C=O) groups is 1. The molecule has 0 amide bonds. The van der Waals surface area contributed by atoms with Gasteiger partial charge < -0.3 is 4.74 Å². The summed E-state index contributed by atoms with van der Waals surface area (Å²) in [5.41, 5.74) is 1.56. The maximum absolute atomic E-state index is 12.4. The van der Waals surface area contributed by atoms with Crippen molar-refractivity contribution in [3.8, 4) is 5.75 Å². The molecular formula is C19H13F3N2O2. The Morgan fingerprint density at radius 1 is 1.00 bits per heavy atom. The Balaban J connectivity index is 1.76. The summed E-state index contributed by atoms with van der Waals surface area (Å²) in [4.78, 5) is 12.4. The van der Waals surface area contributed by atoms with Crippen LogP contribution in [0.2, 0.25) is 0 Å². The number of halogens is 3. The summed E-state index contributed by atoms with van der Waals surface area (Å²) in [7, 11) is 0. The van der Waals surface area contributed by atoms with Gasteiger partial charge in [-0.2, -0.15) is 5.10 Å². The monoisotopic (exact) mass is 358 g/mol. The molecule has 0 fully saturated rings. The third kappa shape index (κ3) is 4.60. The van der Waals surface area contributed by atoms with Gasteiger partial charge in [-0.15, -0.1) is 13.2 Å². The van der Waals surface area contributed by atoms with Crippen molar-refractivity contribution >= 4 is 18.1 Å². The fourth-order valence-electron chi connectivity index (χ4n) is 2.24. The van der Waals surface area contributed by atoms with E-state index in [2.05, 4.69) is 9.84 Å². The van der Waals surface area contributed by atoms with Crippen LogP contribution in [0.5, 0.6) is 5.75 Å². The van der Waals surface area contributed by atoms with Crippen LogP contribution in [0.15, 0.2) is 66.9 Å². The van der Waals surface area contributed by atoms with Crippen LogP contribution in [0.25, 0.3) is 12.2 Å². The SMILES string of the molecule is O=C(c1cccc(OC(F)(F)F)c1)n1ccc(/C=C/c2ccccc2)n1. The minimum atomic E-state index is -4.82. The zero-order valence-corrected chi connectivity index (χ0v) is 13.4. The van der Waals surface area contributed by atoms with Gasteiger partial charge >= 0.3 is 6.36 Å². The molecule has 26 heavy (non-hydrogen) atoms. The number of hydrogen-bond donors (Lipinski definition) is 0. The van der Waals surface area contributed by atoms with Gasteiger partial charge in [-0.25, -0.2) is 4.68 Å².